The Bertz CT molecular complexity index is 1210. The summed E-state index contributed by atoms with van der Waals surface area (Å²) in [5, 5.41) is 33.0. The molecule has 1 amide bonds. The minimum absolute atomic E-state index is 0.0919. The van der Waals surface area contributed by atoms with E-state index >= 15 is 0 Å². The van der Waals surface area contributed by atoms with E-state index in [9.17, 15) is 33.5 Å². The molecular formula is C26H35N3O8S. The lowest BCUT2D eigenvalue weighted by molar-refractivity contribution is -0.385. The zero-order valence-electron chi connectivity index (χ0n) is 21.7. The summed E-state index contributed by atoms with van der Waals surface area (Å²) >= 11 is 0. The molecule has 0 radical (unpaired) electrons. The minimum Gasteiger partial charge on any atom is -0.465 e. The molecule has 1 unspecified atom stereocenters. The number of amides is 1. The molecule has 0 aliphatic heterocycles. The molecule has 3 atom stereocenters. The van der Waals surface area contributed by atoms with E-state index in [1.54, 1.807) is 45.0 Å². The van der Waals surface area contributed by atoms with Crippen molar-refractivity contribution in [3.05, 3.63) is 70.3 Å². The minimum atomic E-state index is -4.40. The summed E-state index contributed by atoms with van der Waals surface area (Å²) < 4.78 is 35.1. The number of aliphatic hydroxyl groups excluding tert-OH is 1. The number of non-ortho nitro benzene ring substituents is 1. The van der Waals surface area contributed by atoms with Crippen molar-refractivity contribution in [3.63, 3.8) is 0 Å². The maximum atomic E-state index is 13.3. The maximum Gasteiger partial charge on any atom is 0.408 e. The lowest BCUT2D eigenvalue weighted by atomic mass is 9.94. The second kappa shape index (κ2) is 12.2. The molecule has 1 saturated carbocycles. The fourth-order valence-electron chi connectivity index (χ4n) is 4.74. The number of hydrogen-bond acceptors (Lipinski definition) is 7. The molecule has 0 saturated heterocycles. The molecule has 0 heterocycles. The highest BCUT2D eigenvalue weighted by Gasteiger charge is 2.43. The van der Waals surface area contributed by atoms with Gasteiger partial charge in [0.25, 0.3) is 5.69 Å². The molecular weight excluding hydrogens is 514 g/mol. The Morgan fingerprint density at radius 1 is 1.16 bits per heavy atom. The smallest absolute Gasteiger partial charge is 0.408 e. The van der Waals surface area contributed by atoms with Crippen LogP contribution in [0.5, 0.6) is 0 Å². The molecule has 38 heavy (non-hydrogen) atoms. The van der Waals surface area contributed by atoms with Crippen molar-refractivity contribution in [2.75, 3.05) is 0 Å². The Hall–Kier alpha value is -3.06. The zero-order valence-corrected chi connectivity index (χ0v) is 22.5. The molecule has 2 aromatic carbocycles. The van der Waals surface area contributed by atoms with Crippen LogP contribution in [0.4, 0.5) is 10.5 Å². The number of carbonyl (C=O) groups is 1. The van der Waals surface area contributed by atoms with Crippen molar-refractivity contribution in [3.8, 4) is 0 Å². The molecule has 0 bridgehead atoms. The van der Waals surface area contributed by atoms with E-state index in [2.05, 4.69) is 4.72 Å². The second-order valence-corrected chi connectivity index (χ2v) is 12.1. The van der Waals surface area contributed by atoms with Gasteiger partial charge in [0, 0.05) is 17.7 Å². The van der Waals surface area contributed by atoms with E-state index in [1.165, 1.54) is 18.2 Å². The first-order valence-corrected chi connectivity index (χ1v) is 13.9. The zero-order chi connectivity index (χ0) is 28.1. The summed E-state index contributed by atoms with van der Waals surface area (Å²) in [5.74, 6) is 0. The standard InChI is InChI=1S/C26H35N3O8S/c1-26(2,3)28(25(31)32)22(16-18-10-5-4-6-11-18)23(30)24(37-20-13-7-8-14-20)27-38(35,36)21-15-9-12-19(17-21)29(33)34/h4-6,9-12,15,17,20,22-24,27,30H,7-8,13-14,16H2,1-3H3,(H,31,32)/t22-,23+,24?/m0/s1. The van der Waals surface area contributed by atoms with Crippen molar-refractivity contribution in [2.24, 2.45) is 0 Å². The van der Waals surface area contributed by atoms with Crippen LogP contribution >= 0.6 is 0 Å². The van der Waals surface area contributed by atoms with Gasteiger partial charge in [-0.15, -0.1) is 0 Å². The van der Waals surface area contributed by atoms with Gasteiger partial charge in [-0.3, -0.25) is 15.0 Å². The van der Waals surface area contributed by atoms with E-state index in [4.69, 9.17) is 4.74 Å². The fourth-order valence-corrected chi connectivity index (χ4v) is 5.91. The first-order valence-electron chi connectivity index (χ1n) is 12.5. The van der Waals surface area contributed by atoms with E-state index in [-0.39, 0.29) is 17.4 Å². The summed E-state index contributed by atoms with van der Waals surface area (Å²) in [6.07, 6.45) is -1.58. The summed E-state index contributed by atoms with van der Waals surface area (Å²) in [4.78, 5) is 23.7. The van der Waals surface area contributed by atoms with Gasteiger partial charge in [0.2, 0.25) is 10.0 Å². The third kappa shape index (κ3) is 7.50. The number of benzene rings is 2. The van der Waals surface area contributed by atoms with Gasteiger partial charge >= 0.3 is 6.09 Å². The number of nitrogens with one attached hydrogen (secondary N) is 1. The Kier molecular flexibility index (Phi) is 9.47. The van der Waals surface area contributed by atoms with Crippen molar-refractivity contribution in [1.29, 1.82) is 0 Å². The summed E-state index contributed by atoms with van der Waals surface area (Å²) in [7, 11) is -4.40. The van der Waals surface area contributed by atoms with Crippen LogP contribution < -0.4 is 4.72 Å². The largest absolute Gasteiger partial charge is 0.465 e. The SMILES string of the molecule is CC(C)(C)N(C(=O)O)[C@@H](Cc1ccccc1)[C@@H](O)C(NS(=O)(=O)c1cccc([N+](=O)[O-])c1)OC1CCCC1. The summed E-state index contributed by atoms with van der Waals surface area (Å²) in [6, 6.07) is 12.4. The molecule has 208 valence electrons. The van der Waals surface area contributed by atoms with Gasteiger partial charge in [0.05, 0.1) is 22.0 Å². The van der Waals surface area contributed by atoms with Gasteiger partial charge in [-0.1, -0.05) is 49.2 Å². The quantitative estimate of drug-likeness (QED) is 0.216. The van der Waals surface area contributed by atoms with Crippen molar-refractivity contribution >= 4 is 21.8 Å². The molecule has 1 aliphatic carbocycles. The molecule has 0 aromatic heterocycles. The Morgan fingerprint density at radius 2 is 1.79 bits per heavy atom. The highest BCUT2D eigenvalue weighted by atomic mass is 32.2. The number of rotatable bonds is 11. The molecule has 0 spiro atoms. The van der Waals surface area contributed by atoms with Crippen molar-refractivity contribution in [1.82, 2.24) is 9.62 Å². The van der Waals surface area contributed by atoms with Gasteiger partial charge in [-0.25, -0.2) is 13.2 Å². The number of ether oxygens (including phenoxy) is 1. The second-order valence-electron chi connectivity index (χ2n) is 10.4. The van der Waals surface area contributed by atoms with Crippen LogP contribution in [-0.4, -0.2) is 64.6 Å². The predicted octanol–water partition coefficient (Wildman–Crippen LogP) is 3.91. The number of nitro benzene ring substituents is 1. The number of sulfonamides is 1. The number of nitro groups is 1. The lowest BCUT2D eigenvalue weighted by Crippen LogP contribution is -2.61. The third-order valence-electron chi connectivity index (χ3n) is 6.50. The Morgan fingerprint density at radius 3 is 2.34 bits per heavy atom. The van der Waals surface area contributed by atoms with E-state index < -0.39 is 50.6 Å². The van der Waals surface area contributed by atoms with E-state index in [1.807, 2.05) is 6.07 Å². The summed E-state index contributed by atoms with van der Waals surface area (Å²) in [5.41, 5.74) is -0.607. The third-order valence-corrected chi connectivity index (χ3v) is 7.92. The molecule has 11 nitrogen and oxygen atoms in total. The first-order chi connectivity index (χ1) is 17.8. The molecule has 1 aliphatic rings. The van der Waals surface area contributed by atoms with Crippen molar-refractivity contribution in [2.45, 2.75) is 87.8 Å². The van der Waals surface area contributed by atoms with Gasteiger partial charge < -0.3 is 14.9 Å². The fraction of sp³-hybridized carbons (Fsp3) is 0.500. The van der Waals surface area contributed by atoms with Crippen molar-refractivity contribution < 1.29 is 33.1 Å². The lowest BCUT2D eigenvalue weighted by Gasteiger charge is -2.43. The topological polar surface area (TPSA) is 159 Å². The van der Waals surface area contributed by atoms with E-state index in [0.717, 1.165) is 29.4 Å². The average molecular weight is 550 g/mol. The van der Waals surface area contributed by atoms with Crippen LogP contribution in [0.15, 0.2) is 59.5 Å². The predicted molar refractivity (Wildman–Crippen MR) is 140 cm³/mol. The highest BCUT2D eigenvalue weighted by Crippen LogP contribution is 2.28. The number of nitrogens with zero attached hydrogens (tertiary/aromatic N) is 2. The Balaban J connectivity index is 2.02. The molecule has 12 heteroatoms. The normalized spacial score (nSPS) is 17.1. The average Bonchev–Trinajstić information content (AvgIpc) is 3.35. The first kappa shape index (κ1) is 29.5. The molecule has 3 N–H and O–H groups in total. The monoisotopic (exact) mass is 549 g/mol. The number of aliphatic hydroxyl groups is 1. The maximum absolute atomic E-state index is 13.3. The van der Waals surface area contributed by atoms with Gasteiger partial charge in [-0.2, -0.15) is 4.72 Å². The molecule has 3 rings (SSSR count). The molecule has 1 fully saturated rings. The van der Waals surface area contributed by atoms with Crippen LogP contribution in [0.2, 0.25) is 0 Å². The summed E-state index contributed by atoms with van der Waals surface area (Å²) in [6.45, 7) is 5.06. The van der Waals surface area contributed by atoms with Gasteiger partial charge in [-0.05, 0) is 51.7 Å². The van der Waals surface area contributed by atoms with E-state index in [0.29, 0.717) is 12.8 Å². The van der Waals surface area contributed by atoms with Crippen LogP contribution in [-0.2, 0) is 21.2 Å². The number of hydrogen-bond donors (Lipinski definition) is 3. The van der Waals surface area contributed by atoms with Gasteiger partial charge in [0.15, 0.2) is 0 Å². The van der Waals surface area contributed by atoms with Crippen LogP contribution in [0.3, 0.4) is 0 Å². The van der Waals surface area contributed by atoms with Crippen LogP contribution in [0, 0.1) is 10.1 Å². The highest BCUT2D eigenvalue weighted by molar-refractivity contribution is 7.89. The Labute approximate surface area is 222 Å². The number of carboxylic acid groups (broad SMARTS) is 1. The van der Waals surface area contributed by atoms with Crippen LogP contribution in [0.1, 0.15) is 52.0 Å². The van der Waals surface area contributed by atoms with Gasteiger partial charge in [0.1, 0.15) is 12.3 Å². The van der Waals surface area contributed by atoms with Crippen LogP contribution in [0.25, 0.3) is 0 Å². The molecule has 2 aromatic rings.